The summed E-state index contributed by atoms with van der Waals surface area (Å²) in [6.07, 6.45) is 0. The van der Waals surface area contributed by atoms with E-state index in [1.54, 1.807) is 0 Å². The molecule has 62 valence electrons. The molecule has 5 nitrogen and oxygen atoms in total. The zero-order valence-electron chi connectivity index (χ0n) is 6.34. The smallest absolute Gasteiger partial charge is 0.325 e. The topological polar surface area (TPSA) is 72.5 Å². The average molecular weight is 159 g/mol. The highest BCUT2D eigenvalue weighted by molar-refractivity contribution is 6.35. The SMILES string of the molecule is COC(=O)CNC(=O)C(C)=O. The molecule has 0 rings (SSSR count). The van der Waals surface area contributed by atoms with Crippen LogP contribution in [-0.4, -0.2) is 31.3 Å². The standard InChI is InChI=1S/C6H9NO4/c1-4(8)6(10)7-3-5(9)11-2/h3H2,1-2H3,(H,7,10). The van der Waals surface area contributed by atoms with E-state index in [1.165, 1.54) is 7.11 Å². The molecule has 5 heteroatoms. The molecule has 1 N–H and O–H groups in total. The molecule has 0 saturated heterocycles. The first kappa shape index (κ1) is 9.61. The van der Waals surface area contributed by atoms with Crippen LogP contribution in [0.1, 0.15) is 6.92 Å². The Bertz CT molecular complexity index is 187. The average Bonchev–Trinajstić information content (AvgIpc) is 1.99. The second-order valence-corrected chi connectivity index (χ2v) is 1.81. The maximum absolute atomic E-state index is 10.5. The van der Waals surface area contributed by atoms with Gasteiger partial charge in [-0.25, -0.2) is 0 Å². The molecule has 0 bridgehead atoms. The number of Topliss-reactive ketones (excluding diaryl/α,β-unsaturated/α-hetero) is 1. The number of hydrogen-bond acceptors (Lipinski definition) is 4. The van der Waals surface area contributed by atoms with Gasteiger partial charge in [0.05, 0.1) is 7.11 Å². The Labute approximate surface area is 63.7 Å². The molecule has 0 aromatic heterocycles. The predicted molar refractivity (Wildman–Crippen MR) is 35.7 cm³/mol. The summed E-state index contributed by atoms with van der Waals surface area (Å²) in [5.74, 6) is -2.00. The summed E-state index contributed by atoms with van der Waals surface area (Å²) in [4.78, 5) is 31.2. The molecule has 0 fully saturated rings. The van der Waals surface area contributed by atoms with Gasteiger partial charge in [0.2, 0.25) is 5.78 Å². The first-order valence-corrected chi connectivity index (χ1v) is 2.93. The highest BCUT2D eigenvalue weighted by Gasteiger charge is 2.08. The number of ether oxygens (including phenoxy) is 1. The van der Waals surface area contributed by atoms with Crippen LogP contribution in [0.4, 0.5) is 0 Å². The molecule has 0 aromatic rings. The number of ketones is 1. The van der Waals surface area contributed by atoms with E-state index in [4.69, 9.17) is 0 Å². The molecule has 0 saturated carbocycles. The summed E-state index contributed by atoms with van der Waals surface area (Å²) in [5.41, 5.74) is 0. The van der Waals surface area contributed by atoms with Crippen LogP contribution >= 0.6 is 0 Å². The van der Waals surface area contributed by atoms with Crippen molar-refractivity contribution < 1.29 is 19.1 Å². The van der Waals surface area contributed by atoms with Crippen LogP contribution in [0.3, 0.4) is 0 Å². The lowest BCUT2D eigenvalue weighted by atomic mass is 10.4. The van der Waals surface area contributed by atoms with Gasteiger partial charge in [-0.15, -0.1) is 0 Å². The van der Waals surface area contributed by atoms with E-state index >= 15 is 0 Å². The minimum Gasteiger partial charge on any atom is -0.468 e. The third kappa shape index (κ3) is 4.07. The third-order valence-electron chi connectivity index (χ3n) is 0.941. The predicted octanol–water partition coefficient (Wildman–Crippen LogP) is -1.14. The molecule has 0 aliphatic heterocycles. The molecule has 11 heavy (non-hydrogen) atoms. The number of amides is 1. The molecule has 0 aromatic carbocycles. The van der Waals surface area contributed by atoms with Gasteiger partial charge in [0, 0.05) is 6.92 Å². The van der Waals surface area contributed by atoms with E-state index < -0.39 is 17.7 Å². The Balaban J connectivity index is 3.63. The normalized spacial score (nSPS) is 8.55. The van der Waals surface area contributed by atoms with Gasteiger partial charge in [0.25, 0.3) is 5.91 Å². The minimum atomic E-state index is -0.782. The van der Waals surface area contributed by atoms with Crippen molar-refractivity contribution in [3.05, 3.63) is 0 Å². The Hall–Kier alpha value is -1.39. The maximum atomic E-state index is 10.5. The van der Waals surface area contributed by atoms with Crippen molar-refractivity contribution in [2.24, 2.45) is 0 Å². The largest absolute Gasteiger partial charge is 0.468 e. The molecule has 0 unspecified atom stereocenters. The molecule has 1 amide bonds. The lowest BCUT2D eigenvalue weighted by Crippen LogP contribution is -2.34. The number of esters is 1. The van der Waals surface area contributed by atoms with E-state index in [-0.39, 0.29) is 6.54 Å². The van der Waals surface area contributed by atoms with Crippen LogP contribution in [0.5, 0.6) is 0 Å². The van der Waals surface area contributed by atoms with Crippen molar-refractivity contribution in [3.63, 3.8) is 0 Å². The van der Waals surface area contributed by atoms with Gasteiger partial charge >= 0.3 is 5.97 Å². The fraction of sp³-hybridized carbons (Fsp3) is 0.500. The fourth-order valence-electron chi connectivity index (χ4n) is 0.349. The third-order valence-corrected chi connectivity index (χ3v) is 0.941. The first-order chi connectivity index (χ1) is 5.07. The molecule has 0 aliphatic rings. The molecule has 0 radical (unpaired) electrons. The van der Waals surface area contributed by atoms with Crippen LogP contribution < -0.4 is 5.32 Å². The Morgan fingerprint density at radius 1 is 1.36 bits per heavy atom. The summed E-state index contributed by atoms with van der Waals surface area (Å²) in [6.45, 7) is 0.849. The molecule has 0 atom stereocenters. The number of hydrogen-bond donors (Lipinski definition) is 1. The van der Waals surface area contributed by atoms with Gasteiger partial charge in [0.1, 0.15) is 6.54 Å². The summed E-state index contributed by atoms with van der Waals surface area (Å²) < 4.78 is 4.22. The van der Waals surface area contributed by atoms with E-state index in [0.717, 1.165) is 6.92 Å². The van der Waals surface area contributed by atoms with Gasteiger partial charge in [-0.05, 0) is 0 Å². The number of carbonyl (C=O) groups excluding carboxylic acids is 3. The lowest BCUT2D eigenvalue weighted by molar-refractivity contribution is -0.142. The van der Waals surface area contributed by atoms with E-state index in [1.807, 2.05) is 0 Å². The van der Waals surface area contributed by atoms with E-state index in [2.05, 4.69) is 10.1 Å². The van der Waals surface area contributed by atoms with Crippen molar-refractivity contribution in [2.45, 2.75) is 6.92 Å². The van der Waals surface area contributed by atoms with Crippen molar-refractivity contribution in [1.82, 2.24) is 5.32 Å². The van der Waals surface area contributed by atoms with Gasteiger partial charge in [0.15, 0.2) is 0 Å². The van der Waals surface area contributed by atoms with Crippen LogP contribution in [-0.2, 0) is 19.1 Å². The summed E-state index contributed by atoms with van der Waals surface area (Å²) in [5, 5.41) is 2.07. The fourth-order valence-corrected chi connectivity index (χ4v) is 0.349. The van der Waals surface area contributed by atoms with Crippen LogP contribution in [0, 0.1) is 0 Å². The van der Waals surface area contributed by atoms with Crippen molar-refractivity contribution in [3.8, 4) is 0 Å². The van der Waals surface area contributed by atoms with E-state index in [0.29, 0.717) is 0 Å². The zero-order chi connectivity index (χ0) is 8.85. The van der Waals surface area contributed by atoms with Gasteiger partial charge in [-0.2, -0.15) is 0 Å². The van der Waals surface area contributed by atoms with Gasteiger partial charge in [-0.1, -0.05) is 0 Å². The lowest BCUT2D eigenvalue weighted by Gasteiger charge is -1.99. The molecule has 0 spiro atoms. The van der Waals surface area contributed by atoms with E-state index in [9.17, 15) is 14.4 Å². The van der Waals surface area contributed by atoms with Crippen molar-refractivity contribution in [2.75, 3.05) is 13.7 Å². The van der Waals surface area contributed by atoms with Gasteiger partial charge < -0.3 is 10.1 Å². The summed E-state index contributed by atoms with van der Waals surface area (Å²) in [7, 11) is 1.20. The second-order valence-electron chi connectivity index (χ2n) is 1.81. The number of carbonyl (C=O) groups is 3. The van der Waals surface area contributed by atoms with Gasteiger partial charge in [-0.3, -0.25) is 14.4 Å². The molecular formula is C6H9NO4. The highest BCUT2D eigenvalue weighted by Crippen LogP contribution is 1.72. The Kier molecular flexibility index (Phi) is 3.87. The zero-order valence-corrected chi connectivity index (χ0v) is 6.34. The maximum Gasteiger partial charge on any atom is 0.325 e. The van der Waals surface area contributed by atoms with Crippen molar-refractivity contribution in [1.29, 1.82) is 0 Å². The number of nitrogens with one attached hydrogen (secondary N) is 1. The summed E-state index contributed by atoms with van der Waals surface area (Å²) in [6, 6.07) is 0. The minimum absolute atomic E-state index is 0.269. The molecule has 0 aliphatic carbocycles. The number of methoxy groups -OCH3 is 1. The van der Waals surface area contributed by atoms with Crippen LogP contribution in [0.25, 0.3) is 0 Å². The Morgan fingerprint density at radius 3 is 2.27 bits per heavy atom. The molecular weight excluding hydrogens is 150 g/mol. The quantitative estimate of drug-likeness (QED) is 0.417. The summed E-state index contributed by atoms with van der Waals surface area (Å²) >= 11 is 0. The molecule has 0 heterocycles. The highest BCUT2D eigenvalue weighted by atomic mass is 16.5. The Morgan fingerprint density at radius 2 is 1.91 bits per heavy atom. The van der Waals surface area contributed by atoms with Crippen LogP contribution in [0.15, 0.2) is 0 Å². The van der Waals surface area contributed by atoms with Crippen molar-refractivity contribution >= 4 is 17.7 Å². The second kappa shape index (κ2) is 4.43. The monoisotopic (exact) mass is 159 g/mol. The number of rotatable bonds is 3. The van der Waals surface area contributed by atoms with Crippen LogP contribution in [0.2, 0.25) is 0 Å². The first-order valence-electron chi connectivity index (χ1n) is 2.93.